The summed E-state index contributed by atoms with van der Waals surface area (Å²) >= 11 is 0. The van der Waals surface area contributed by atoms with E-state index in [0.717, 1.165) is 6.42 Å². The fraction of sp³-hybridized carbons (Fsp3) is 1.00. The van der Waals surface area contributed by atoms with Crippen LogP contribution in [0.2, 0.25) is 0 Å². The van der Waals surface area contributed by atoms with E-state index in [2.05, 4.69) is 20.8 Å². The van der Waals surface area contributed by atoms with Gasteiger partial charge in [0, 0.05) is 12.5 Å². The van der Waals surface area contributed by atoms with Crippen LogP contribution in [0.1, 0.15) is 48.0 Å². The number of hydrogen-bond acceptors (Lipinski definition) is 3. The van der Waals surface area contributed by atoms with Crippen LogP contribution in [0.5, 0.6) is 0 Å². The van der Waals surface area contributed by atoms with E-state index in [0.29, 0.717) is 6.61 Å². The number of aliphatic hydroxyl groups is 1. The Bertz CT molecular complexity index is 237. The topological polar surface area (TPSA) is 38.7 Å². The molecule has 3 nitrogen and oxygen atoms in total. The van der Waals surface area contributed by atoms with E-state index in [1.165, 1.54) is 0 Å². The zero-order chi connectivity index (χ0) is 13.3. The van der Waals surface area contributed by atoms with Gasteiger partial charge >= 0.3 is 0 Å². The minimum Gasteiger partial charge on any atom is -0.396 e. The lowest BCUT2D eigenvalue weighted by molar-refractivity contribution is -0.0956. The second-order valence-electron chi connectivity index (χ2n) is 7.13. The third kappa shape index (κ3) is 4.57. The molecule has 0 aromatic heterocycles. The first-order valence-corrected chi connectivity index (χ1v) is 6.54. The Balaban J connectivity index is 2.54. The second-order valence-corrected chi connectivity index (χ2v) is 7.13. The first kappa shape index (κ1) is 14.9. The monoisotopic (exact) mass is 244 g/mol. The van der Waals surface area contributed by atoms with Gasteiger partial charge in [-0.2, -0.15) is 0 Å². The fourth-order valence-electron chi connectivity index (χ4n) is 2.06. The van der Waals surface area contributed by atoms with Crippen LogP contribution in [0.3, 0.4) is 0 Å². The van der Waals surface area contributed by atoms with Gasteiger partial charge in [-0.3, -0.25) is 0 Å². The molecule has 1 aliphatic rings. The van der Waals surface area contributed by atoms with Gasteiger partial charge in [-0.1, -0.05) is 20.8 Å². The average molecular weight is 244 g/mol. The Morgan fingerprint density at radius 1 is 1.18 bits per heavy atom. The van der Waals surface area contributed by atoms with Gasteiger partial charge in [-0.25, -0.2) is 0 Å². The molecule has 0 bridgehead atoms. The normalized spacial score (nSPS) is 30.9. The predicted octanol–water partition coefficient (Wildman–Crippen LogP) is 2.61. The lowest BCUT2D eigenvalue weighted by atomic mass is 9.85. The third-order valence-electron chi connectivity index (χ3n) is 3.26. The molecule has 0 aromatic carbocycles. The van der Waals surface area contributed by atoms with Gasteiger partial charge in [-0.05, 0) is 32.6 Å². The van der Waals surface area contributed by atoms with Crippen molar-refractivity contribution in [3.05, 3.63) is 0 Å². The first-order valence-electron chi connectivity index (χ1n) is 6.54. The van der Waals surface area contributed by atoms with E-state index in [4.69, 9.17) is 9.47 Å². The number of aliphatic hydroxyl groups excluding tert-OH is 1. The summed E-state index contributed by atoms with van der Waals surface area (Å²) in [4.78, 5) is 0. The van der Waals surface area contributed by atoms with Gasteiger partial charge < -0.3 is 14.6 Å². The molecule has 3 atom stereocenters. The molecule has 0 amide bonds. The summed E-state index contributed by atoms with van der Waals surface area (Å²) in [6, 6.07) is 0. The molecule has 0 aliphatic carbocycles. The summed E-state index contributed by atoms with van der Waals surface area (Å²) in [7, 11) is 0. The van der Waals surface area contributed by atoms with Gasteiger partial charge in [-0.15, -0.1) is 0 Å². The van der Waals surface area contributed by atoms with Crippen LogP contribution < -0.4 is 0 Å². The summed E-state index contributed by atoms with van der Waals surface area (Å²) < 4.78 is 11.8. The van der Waals surface area contributed by atoms with Crippen molar-refractivity contribution in [3.8, 4) is 0 Å². The largest absolute Gasteiger partial charge is 0.396 e. The quantitative estimate of drug-likeness (QED) is 0.829. The maximum Gasteiger partial charge on any atom is 0.0863 e. The van der Waals surface area contributed by atoms with E-state index >= 15 is 0 Å². The Kier molecular flexibility index (Phi) is 4.61. The Morgan fingerprint density at radius 3 is 2.18 bits per heavy atom. The molecular formula is C14H28O3. The number of rotatable bonds is 3. The summed E-state index contributed by atoms with van der Waals surface area (Å²) in [5, 5.41) is 9.41. The maximum atomic E-state index is 9.41. The van der Waals surface area contributed by atoms with Crippen molar-refractivity contribution < 1.29 is 14.6 Å². The van der Waals surface area contributed by atoms with Crippen molar-refractivity contribution in [3.63, 3.8) is 0 Å². The number of hydrogen-bond donors (Lipinski definition) is 1. The molecule has 0 unspecified atom stereocenters. The highest BCUT2D eigenvalue weighted by Gasteiger charge is 2.40. The average Bonchev–Trinajstić information content (AvgIpc) is 2.55. The molecule has 1 heterocycles. The molecule has 3 heteroatoms. The van der Waals surface area contributed by atoms with Crippen LogP contribution in [0, 0.1) is 11.3 Å². The molecule has 102 valence electrons. The highest BCUT2D eigenvalue weighted by molar-refractivity contribution is 4.88. The molecule has 1 fully saturated rings. The molecule has 0 aromatic rings. The van der Waals surface area contributed by atoms with Crippen LogP contribution in [-0.2, 0) is 9.47 Å². The van der Waals surface area contributed by atoms with Crippen molar-refractivity contribution in [2.75, 3.05) is 13.2 Å². The zero-order valence-electron chi connectivity index (χ0n) is 12.1. The lowest BCUT2D eigenvalue weighted by Gasteiger charge is -2.28. The highest BCUT2D eigenvalue weighted by atomic mass is 16.6. The van der Waals surface area contributed by atoms with E-state index in [1.807, 2.05) is 20.8 Å². The van der Waals surface area contributed by atoms with Crippen molar-refractivity contribution in [1.82, 2.24) is 0 Å². The van der Waals surface area contributed by atoms with Crippen LogP contribution in [0.25, 0.3) is 0 Å². The summed E-state index contributed by atoms with van der Waals surface area (Å²) in [5.41, 5.74) is -0.0207. The number of ether oxygens (including phenoxy) is 2. The zero-order valence-corrected chi connectivity index (χ0v) is 12.1. The van der Waals surface area contributed by atoms with Crippen molar-refractivity contribution in [2.45, 2.75) is 65.8 Å². The molecule has 1 rings (SSSR count). The van der Waals surface area contributed by atoms with Crippen molar-refractivity contribution >= 4 is 0 Å². The fourth-order valence-corrected chi connectivity index (χ4v) is 2.06. The Morgan fingerprint density at radius 2 is 1.76 bits per heavy atom. The molecular weight excluding hydrogens is 216 g/mol. The van der Waals surface area contributed by atoms with E-state index < -0.39 is 0 Å². The van der Waals surface area contributed by atoms with Gasteiger partial charge in [0.25, 0.3) is 0 Å². The van der Waals surface area contributed by atoms with E-state index in [9.17, 15) is 5.11 Å². The summed E-state index contributed by atoms with van der Waals surface area (Å²) in [5.74, 6) is 0.210. The molecule has 17 heavy (non-hydrogen) atoms. The maximum absolute atomic E-state index is 9.41. The van der Waals surface area contributed by atoms with E-state index in [1.54, 1.807) is 0 Å². The lowest BCUT2D eigenvalue weighted by Crippen LogP contribution is -2.32. The standard InChI is InChI=1S/C14H28O3/c1-13(2,3)12-7-10(8-15)11(17-12)9-16-14(4,5)6/h10-12,15H,7-9H2,1-6H3/t10-,11-,12-/m0/s1. The SMILES string of the molecule is CC(C)(C)OC[C@@H]1O[C@H](C(C)(C)C)C[C@H]1CO. The minimum absolute atomic E-state index is 0.0310. The van der Waals surface area contributed by atoms with Crippen LogP contribution in [0.15, 0.2) is 0 Å². The summed E-state index contributed by atoms with van der Waals surface area (Å²) in [6.07, 6.45) is 1.18. The molecule has 1 N–H and O–H groups in total. The van der Waals surface area contributed by atoms with Crippen molar-refractivity contribution in [1.29, 1.82) is 0 Å². The minimum atomic E-state index is -0.150. The second kappa shape index (κ2) is 5.25. The Labute approximate surface area is 105 Å². The van der Waals surface area contributed by atoms with Crippen molar-refractivity contribution in [2.24, 2.45) is 11.3 Å². The van der Waals surface area contributed by atoms with Crippen LogP contribution in [0.4, 0.5) is 0 Å². The summed E-state index contributed by atoms with van der Waals surface area (Å²) in [6.45, 7) is 13.4. The molecule has 0 spiro atoms. The highest BCUT2D eigenvalue weighted by Crippen LogP contribution is 2.37. The smallest absolute Gasteiger partial charge is 0.0863 e. The predicted molar refractivity (Wildman–Crippen MR) is 69.0 cm³/mol. The molecule has 1 aliphatic heterocycles. The molecule has 0 saturated carbocycles. The molecule has 1 saturated heterocycles. The Hall–Kier alpha value is -0.120. The van der Waals surface area contributed by atoms with Crippen LogP contribution in [-0.4, -0.2) is 36.1 Å². The van der Waals surface area contributed by atoms with Gasteiger partial charge in [0.2, 0.25) is 0 Å². The third-order valence-corrected chi connectivity index (χ3v) is 3.26. The first-order chi connectivity index (χ1) is 7.63. The molecule has 0 radical (unpaired) electrons. The van der Waals surface area contributed by atoms with Gasteiger partial charge in [0.1, 0.15) is 0 Å². The van der Waals surface area contributed by atoms with E-state index in [-0.39, 0.29) is 35.7 Å². The van der Waals surface area contributed by atoms with Gasteiger partial charge in [0.15, 0.2) is 0 Å². The van der Waals surface area contributed by atoms with Gasteiger partial charge in [0.05, 0.1) is 24.4 Å². The van der Waals surface area contributed by atoms with Crippen LogP contribution >= 0.6 is 0 Å².